The Hall–Kier alpha value is -3.39. The molecule has 0 bridgehead atoms. The molecule has 156 valence electrons. The lowest BCUT2D eigenvalue weighted by Gasteiger charge is -2.25. The smallest absolute Gasteiger partial charge is 0.255 e. The Morgan fingerprint density at radius 3 is 2.70 bits per heavy atom. The van der Waals surface area contributed by atoms with E-state index < -0.39 is 0 Å². The highest BCUT2D eigenvalue weighted by Crippen LogP contribution is 2.18. The third-order valence-corrected chi connectivity index (χ3v) is 4.84. The third-order valence-electron chi connectivity index (χ3n) is 4.84. The van der Waals surface area contributed by atoms with Gasteiger partial charge in [-0.3, -0.25) is 14.6 Å². The Bertz CT molecular complexity index is 1080. The number of rotatable bonds is 7. The van der Waals surface area contributed by atoms with E-state index in [1.165, 1.54) is 12.1 Å². The summed E-state index contributed by atoms with van der Waals surface area (Å²) in [6.45, 7) is 1.99. The van der Waals surface area contributed by atoms with Crippen molar-refractivity contribution in [2.45, 2.75) is 19.4 Å². The van der Waals surface area contributed by atoms with Gasteiger partial charge in [0.15, 0.2) is 0 Å². The number of aryl methyl sites for hydroxylation is 1. The highest BCUT2D eigenvalue weighted by atomic mass is 19.1. The number of hydrogen-bond donors (Lipinski definition) is 2. The zero-order chi connectivity index (χ0) is 21.7. The third kappa shape index (κ3) is 5.15. The molecule has 0 radical (unpaired) electrons. The molecular formula is C22H24FN5O2. The fraction of sp³-hybridized carbons (Fsp3) is 0.273. The van der Waals surface area contributed by atoms with Crippen molar-refractivity contribution in [3.63, 3.8) is 0 Å². The highest BCUT2D eigenvalue weighted by Gasteiger charge is 2.18. The van der Waals surface area contributed by atoms with E-state index in [2.05, 4.69) is 20.3 Å². The zero-order valence-corrected chi connectivity index (χ0v) is 17.1. The van der Waals surface area contributed by atoms with Crippen molar-refractivity contribution < 1.29 is 9.18 Å². The Balaban J connectivity index is 1.70. The van der Waals surface area contributed by atoms with Crippen LogP contribution in [0.3, 0.4) is 0 Å². The maximum atomic E-state index is 13.6. The number of nitrogens with one attached hydrogen (secondary N) is 2. The number of nitrogens with zero attached hydrogens (tertiary/aromatic N) is 3. The van der Waals surface area contributed by atoms with Gasteiger partial charge in [0.2, 0.25) is 5.91 Å². The van der Waals surface area contributed by atoms with Gasteiger partial charge < -0.3 is 15.2 Å². The number of likely N-dealkylation sites (N-methyl/N-ethyl adjacent to an activating group) is 1. The Labute approximate surface area is 174 Å². The predicted octanol–water partition coefficient (Wildman–Crippen LogP) is 2.24. The molecule has 1 atom stereocenters. The summed E-state index contributed by atoms with van der Waals surface area (Å²) < 4.78 is 13.6. The minimum Gasteiger partial charge on any atom is -0.354 e. The number of pyridine rings is 1. The van der Waals surface area contributed by atoms with Crippen molar-refractivity contribution in [1.29, 1.82) is 0 Å². The van der Waals surface area contributed by atoms with Crippen LogP contribution in [-0.4, -0.2) is 46.4 Å². The van der Waals surface area contributed by atoms with E-state index in [-0.39, 0.29) is 36.3 Å². The van der Waals surface area contributed by atoms with Crippen LogP contribution in [0.1, 0.15) is 22.9 Å². The number of halogens is 1. The molecule has 3 rings (SSSR count). The number of aromatic amines is 1. The van der Waals surface area contributed by atoms with E-state index in [0.29, 0.717) is 22.6 Å². The summed E-state index contributed by atoms with van der Waals surface area (Å²) in [6, 6.07) is 9.64. The van der Waals surface area contributed by atoms with Gasteiger partial charge in [0.05, 0.1) is 12.5 Å². The summed E-state index contributed by atoms with van der Waals surface area (Å²) >= 11 is 0. The second-order valence-electron chi connectivity index (χ2n) is 7.24. The second kappa shape index (κ2) is 9.41. The Kier molecular flexibility index (Phi) is 6.68. The van der Waals surface area contributed by atoms with E-state index in [4.69, 9.17) is 0 Å². The van der Waals surface area contributed by atoms with Crippen molar-refractivity contribution in [1.82, 2.24) is 25.2 Å². The number of hydrogen-bond acceptors (Lipinski definition) is 5. The van der Waals surface area contributed by atoms with E-state index >= 15 is 0 Å². The number of carbonyl (C=O) groups excluding carboxylic acids is 1. The topological polar surface area (TPSA) is 91.0 Å². The lowest BCUT2D eigenvalue weighted by atomic mass is 10.1. The van der Waals surface area contributed by atoms with E-state index in [0.717, 1.165) is 5.56 Å². The minimum absolute atomic E-state index is 0.0925. The van der Waals surface area contributed by atoms with Crippen LogP contribution in [0, 0.1) is 12.7 Å². The van der Waals surface area contributed by atoms with Gasteiger partial charge in [0.1, 0.15) is 11.6 Å². The molecule has 2 aromatic heterocycles. The number of H-pyrrole nitrogens is 1. The SMILES string of the molecule is Cc1nc(-c2cccnc2)[nH]c(=O)c1CC(=O)NCC(c1cccc(F)c1)N(C)C. The van der Waals surface area contributed by atoms with Gasteiger partial charge >= 0.3 is 0 Å². The summed E-state index contributed by atoms with van der Waals surface area (Å²) in [5.41, 5.74) is 1.90. The first kappa shape index (κ1) is 21.3. The zero-order valence-electron chi connectivity index (χ0n) is 17.1. The van der Waals surface area contributed by atoms with Crippen LogP contribution < -0.4 is 10.9 Å². The maximum absolute atomic E-state index is 13.6. The first-order valence-electron chi connectivity index (χ1n) is 9.54. The largest absolute Gasteiger partial charge is 0.354 e. The van der Waals surface area contributed by atoms with Crippen molar-refractivity contribution in [3.8, 4) is 11.4 Å². The van der Waals surface area contributed by atoms with Gasteiger partial charge in [-0.15, -0.1) is 0 Å². The lowest BCUT2D eigenvalue weighted by molar-refractivity contribution is -0.120. The first-order chi connectivity index (χ1) is 14.3. The van der Waals surface area contributed by atoms with Crippen LogP contribution in [-0.2, 0) is 11.2 Å². The van der Waals surface area contributed by atoms with Crippen LogP contribution in [0.15, 0.2) is 53.6 Å². The number of benzene rings is 1. The van der Waals surface area contributed by atoms with E-state index in [9.17, 15) is 14.0 Å². The number of aromatic nitrogens is 3. The second-order valence-corrected chi connectivity index (χ2v) is 7.24. The maximum Gasteiger partial charge on any atom is 0.255 e. The molecule has 30 heavy (non-hydrogen) atoms. The van der Waals surface area contributed by atoms with Crippen molar-refractivity contribution in [2.75, 3.05) is 20.6 Å². The van der Waals surface area contributed by atoms with Crippen LogP contribution in [0.5, 0.6) is 0 Å². The fourth-order valence-electron chi connectivity index (χ4n) is 3.20. The average molecular weight is 409 g/mol. The van der Waals surface area contributed by atoms with E-state index in [1.807, 2.05) is 25.1 Å². The van der Waals surface area contributed by atoms with E-state index in [1.54, 1.807) is 37.5 Å². The molecule has 0 aliphatic rings. The monoisotopic (exact) mass is 409 g/mol. The molecule has 1 amide bonds. The molecule has 0 saturated carbocycles. The van der Waals surface area contributed by atoms with Crippen LogP contribution >= 0.6 is 0 Å². The summed E-state index contributed by atoms with van der Waals surface area (Å²) in [7, 11) is 3.72. The molecule has 8 heteroatoms. The summed E-state index contributed by atoms with van der Waals surface area (Å²) in [4.78, 5) is 38.1. The standard InChI is InChI=1S/C22H24FN5O2/c1-14-18(22(30)27-21(26-14)16-7-5-9-24-12-16)11-20(29)25-13-19(28(2)3)15-6-4-8-17(23)10-15/h4-10,12,19H,11,13H2,1-3H3,(H,25,29)(H,26,27,30). The number of carbonyl (C=O) groups is 1. The molecular weight excluding hydrogens is 385 g/mol. The molecule has 1 aromatic carbocycles. The highest BCUT2D eigenvalue weighted by molar-refractivity contribution is 5.78. The summed E-state index contributed by atoms with van der Waals surface area (Å²) in [6.07, 6.45) is 3.15. The predicted molar refractivity (Wildman–Crippen MR) is 112 cm³/mol. The van der Waals surface area contributed by atoms with Crippen molar-refractivity contribution >= 4 is 5.91 Å². The van der Waals surface area contributed by atoms with Crippen LogP contribution in [0.2, 0.25) is 0 Å². The molecule has 0 spiro atoms. The van der Waals surface area contributed by atoms with Gasteiger partial charge in [0.25, 0.3) is 5.56 Å². The van der Waals surface area contributed by atoms with Crippen LogP contribution in [0.25, 0.3) is 11.4 Å². The molecule has 0 saturated heterocycles. The Morgan fingerprint density at radius 2 is 2.07 bits per heavy atom. The fourth-order valence-corrected chi connectivity index (χ4v) is 3.20. The first-order valence-corrected chi connectivity index (χ1v) is 9.54. The quantitative estimate of drug-likeness (QED) is 0.625. The minimum atomic E-state index is -0.356. The molecule has 7 nitrogen and oxygen atoms in total. The summed E-state index contributed by atoms with van der Waals surface area (Å²) in [5.74, 6) is -0.219. The van der Waals surface area contributed by atoms with Gasteiger partial charge in [0, 0.05) is 35.8 Å². The lowest BCUT2D eigenvalue weighted by Crippen LogP contribution is -2.36. The molecule has 0 aliphatic carbocycles. The van der Waals surface area contributed by atoms with Gasteiger partial charge in [-0.05, 0) is 50.8 Å². The molecule has 0 aliphatic heterocycles. The van der Waals surface area contributed by atoms with Gasteiger partial charge in [-0.1, -0.05) is 12.1 Å². The van der Waals surface area contributed by atoms with Crippen LogP contribution in [0.4, 0.5) is 4.39 Å². The Morgan fingerprint density at radius 1 is 1.27 bits per heavy atom. The molecule has 2 heterocycles. The molecule has 2 N–H and O–H groups in total. The molecule has 0 fully saturated rings. The van der Waals surface area contributed by atoms with Gasteiger partial charge in [-0.2, -0.15) is 0 Å². The number of amides is 1. The average Bonchev–Trinajstić information content (AvgIpc) is 2.71. The molecule has 3 aromatic rings. The van der Waals surface area contributed by atoms with Crippen molar-refractivity contribution in [3.05, 3.63) is 81.8 Å². The molecule has 1 unspecified atom stereocenters. The van der Waals surface area contributed by atoms with Gasteiger partial charge in [-0.25, -0.2) is 9.37 Å². The van der Waals surface area contributed by atoms with Crippen molar-refractivity contribution in [2.24, 2.45) is 0 Å². The summed E-state index contributed by atoms with van der Waals surface area (Å²) in [5, 5.41) is 2.84. The normalized spacial score (nSPS) is 12.0.